The van der Waals surface area contributed by atoms with Crippen LogP contribution in [-0.2, 0) is 4.79 Å². The summed E-state index contributed by atoms with van der Waals surface area (Å²) in [6.07, 6.45) is 0.627. The van der Waals surface area contributed by atoms with Gasteiger partial charge < -0.3 is 4.90 Å². The molecular formula is C13H19NO. The molecule has 0 heterocycles. The average molecular weight is 205 g/mol. The van der Waals surface area contributed by atoms with Gasteiger partial charge in [-0.3, -0.25) is 4.79 Å². The van der Waals surface area contributed by atoms with Gasteiger partial charge in [0.25, 0.3) is 0 Å². The Morgan fingerprint density at radius 1 is 1.40 bits per heavy atom. The summed E-state index contributed by atoms with van der Waals surface area (Å²) in [7, 11) is 0. The Morgan fingerprint density at radius 2 is 2.13 bits per heavy atom. The van der Waals surface area contributed by atoms with E-state index in [4.69, 9.17) is 0 Å². The van der Waals surface area contributed by atoms with E-state index in [0.717, 1.165) is 13.1 Å². The zero-order valence-corrected chi connectivity index (χ0v) is 9.79. The molecule has 2 nitrogen and oxygen atoms in total. The van der Waals surface area contributed by atoms with Gasteiger partial charge in [0.05, 0.1) is 0 Å². The molecule has 15 heavy (non-hydrogen) atoms. The average Bonchev–Trinajstić information content (AvgIpc) is 2.18. The molecule has 1 aromatic carbocycles. The van der Waals surface area contributed by atoms with Crippen LogP contribution in [0.3, 0.4) is 0 Å². The normalized spacial score (nSPS) is 10.1. The van der Waals surface area contributed by atoms with Gasteiger partial charge >= 0.3 is 0 Å². The van der Waals surface area contributed by atoms with Crippen LogP contribution in [0.2, 0.25) is 0 Å². The van der Waals surface area contributed by atoms with E-state index in [2.05, 4.69) is 43.0 Å². The number of ketones is 1. The number of hydrogen-bond donors (Lipinski definition) is 0. The van der Waals surface area contributed by atoms with Crippen LogP contribution in [0.1, 0.15) is 25.8 Å². The molecule has 2 heteroatoms. The summed E-state index contributed by atoms with van der Waals surface area (Å²) in [5.41, 5.74) is 2.47. The maximum Gasteiger partial charge on any atom is 0.131 e. The summed E-state index contributed by atoms with van der Waals surface area (Å²) in [6.45, 7) is 7.60. The summed E-state index contributed by atoms with van der Waals surface area (Å²) < 4.78 is 0. The molecule has 0 spiro atoms. The molecule has 0 fully saturated rings. The lowest BCUT2D eigenvalue weighted by Gasteiger charge is -2.22. The van der Waals surface area contributed by atoms with Crippen molar-refractivity contribution in [1.29, 1.82) is 0 Å². The van der Waals surface area contributed by atoms with Crippen LogP contribution >= 0.6 is 0 Å². The Balaban J connectivity index is 2.69. The zero-order valence-electron chi connectivity index (χ0n) is 9.79. The number of hydrogen-bond acceptors (Lipinski definition) is 2. The minimum absolute atomic E-state index is 0.251. The van der Waals surface area contributed by atoms with Crippen molar-refractivity contribution in [2.24, 2.45) is 0 Å². The monoisotopic (exact) mass is 205 g/mol. The Morgan fingerprint density at radius 3 is 2.67 bits per heavy atom. The topological polar surface area (TPSA) is 20.3 Å². The fourth-order valence-corrected chi connectivity index (χ4v) is 1.59. The van der Waals surface area contributed by atoms with Crippen molar-refractivity contribution in [2.75, 3.05) is 18.0 Å². The van der Waals surface area contributed by atoms with Crippen LogP contribution in [0.25, 0.3) is 0 Å². The second-order valence-electron chi connectivity index (χ2n) is 3.87. The number of anilines is 1. The molecule has 1 aromatic rings. The summed E-state index contributed by atoms with van der Waals surface area (Å²) in [5.74, 6) is 0.251. The van der Waals surface area contributed by atoms with Crippen molar-refractivity contribution in [3.05, 3.63) is 29.8 Å². The van der Waals surface area contributed by atoms with Crippen molar-refractivity contribution < 1.29 is 4.79 Å². The minimum atomic E-state index is 0.251. The molecule has 0 N–H and O–H groups in total. The van der Waals surface area contributed by atoms with Gasteiger partial charge in [-0.2, -0.15) is 0 Å². The van der Waals surface area contributed by atoms with Gasteiger partial charge in [-0.15, -0.1) is 0 Å². The third-order valence-electron chi connectivity index (χ3n) is 2.48. The molecule has 0 saturated heterocycles. The fourth-order valence-electron chi connectivity index (χ4n) is 1.59. The molecule has 0 aliphatic heterocycles. The summed E-state index contributed by atoms with van der Waals surface area (Å²) >= 11 is 0. The number of rotatable bonds is 5. The van der Waals surface area contributed by atoms with Crippen LogP contribution in [0, 0.1) is 6.92 Å². The Labute approximate surface area is 91.9 Å². The quantitative estimate of drug-likeness (QED) is 0.736. The summed E-state index contributed by atoms with van der Waals surface area (Å²) in [4.78, 5) is 13.2. The van der Waals surface area contributed by atoms with E-state index in [1.807, 2.05) is 0 Å². The van der Waals surface area contributed by atoms with Crippen LogP contribution in [-0.4, -0.2) is 18.9 Å². The number of Topliss-reactive ketones (excluding diaryl/α,β-unsaturated/α-hetero) is 1. The molecule has 0 bridgehead atoms. The predicted octanol–water partition coefficient (Wildman–Crippen LogP) is 2.80. The molecular weight excluding hydrogens is 186 g/mol. The van der Waals surface area contributed by atoms with Gasteiger partial charge in [0.1, 0.15) is 5.78 Å². The second-order valence-corrected chi connectivity index (χ2v) is 3.87. The third kappa shape index (κ3) is 3.74. The molecule has 0 saturated carbocycles. The molecule has 0 unspecified atom stereocenters. The SMILES string of the molecule is CCN(CCC(C)=O)c1cccc(C)c1. The molecule has 0 aliphatic rings. The molecule has 0 aromatic heterocycles. The first-order valence-corrected chi connectivity index (χ1v) is 5.44. The summed E-state index contributed by atoms with van der Waals surface area (Å²) in [6, 6.07) is 8.39. The van der Waals surface area contributed by atoms with Crippen molar-refractivity contribution in [1.82, 2.24) is 0 Å². The van der Waals surface area contributed by atoms with E-state index in [0.29, 0.717) is 6.42 Å². The minimum Gasteiger partial charge on any atom is -0.371 e. The molecule has 0 aliphatic carbocycles. The van der Waals surface area contributed by atoms with Gasteiger partial charge in [0.2, 0.25) is 0 Å². The fraction of sp³-hybridized carbons (Fsp3) is 0.462. The van der Waals surface area contributed by atoms with Crippen molar-refractivity contribution >= 4 is 11.5 Å². The van der Waals surface area contributed by atoms with Crippen LogP contribution in [0.5, 0.6) is 0 Å². The smallest absolute Gasteiger partial charge is 0.131 e. The lowest BCUT2D eigenvalue weighted by molar-refractivity contribution is -0.116. The Kier molecular flexibility index (Phi) is 4.35. The zero-order chi connectivity index (χ0) is 11.3. The first-order valence-electron chi connectivity index (χ1n) is 5.44. The maximum atomic E-state index is 10.9. The third-order valence-corrected chi connectivity index (χ3v) is 2.48. The molecule has 82 valence electrons. The van der Waals surface area contributed by atoms with E-state index in [1.165, 1.54) is 11.3 Å². The molecule has 0 atom stereocenters. The molecule has 0 amide bonds. The first-order chi connectivity index (χ1) is 7.13. The van der Waals surface area contributed by atoms with Gasteiger partial charge in [0.15, 0.2) is 0 Å². The summed E-state index contributed by atoms with van der Waals surface area (Å²) in [5, 5.41) is 0. The number of nitrogens with zero attached hydrogens (tertiary/aromatic N) is 1. The van der Waals surface area contributed by atoms with E-state index < -0.39 is 0 Å². The van der Waals surface area contributed by atoms with Gasteiger partial charge in [0, 0.05) is 25.2 Å². The number of aryl methyl sites for hydroxylation is 1. The van der Waals surface area contributed by atoms with Gasteiger partial charge in [-0.1, -0.05) is 12.1 Å². The lowest BCUT2D eigenvalue weighted by Crippen LogP contribution is -2.25. The van der Waals surface area contributed by atoms with E-state index in [-0.39, 0.29) is 5.78 Å². The Hall–Kier alpha value is -1.31. The number of carbonyl (C=O) groups excluding carboxylic acids is 1. The van der Waals surface area contributed by atoms with E-state index in [1.54, 1.807) is 6.92 Å². The highest BCUT2D eigenvalue weighted by Gasteiger charge is 2.04. The van der Waals surface area contributed by atoms with Gasteiger partial charge in [-0.05, 0) is 38.5 Å². The van der Waals surface area contributed by atoms with Crippen molar-refractivity contribution in [3.63, 3.8) is 0 Å². The highest BCUT2D eigenvalue weighted by molar-refractivity contribution is 5.76. The van der Waals surface area contributed by atoms with E-state index >= 15 is 0 Å². The van der Waals surface area contributed by atoms with Crippen LogP contribution in [0.4, 0.5) is 5.69 Å². The van der Waals surface area contributed by atoms with Crippen LogP contribution in [0.15, 0.2) is 24.3 Å². The second kappa shape index (κ2) is 5.54. The highest BCUT2D eigenvalue weighted by Crippen LogP contribution is 2.15. The number of benzene rings is 1. The largest absolute Gasteiger partial charge is 0.371 e. The van der Waals surface area contributed by atoms with Crippen LogP contribution < -0.4 is 4.90 Å². The predicted molar refractivity (Wildman–Crippen MR) is 64.4 cm³/mol. The van der Waals surface area contributed by atoms with Gasteiger partial charge in [-0.25, -0.2) is 0 Å². The first kappa shape index (κ1) is 11.8. The van der Waals surface area contributed by atoms with Crippen molar-refractivity contribution in [3.8, 4) is 0 Å². The maximum absolute atomic E-state index is 10.9. The number of carbonyl (C=O) groups is 1. The molecule has 0 radical (unpaired) electrons. The standard InChI is InChI=1S/C13H19NO/c1-4-14(9-8-12(3)15)13-7-5-6-11(2)10-13/h5-7,10H,4,8-9H2,1-3H3. The van der Waals surface area contributed by atoms with E-state index in [9.17, 15) is 4.79 Å². The Bertz CT molecular complexity index is 333. The lowest BCUT2D eigenvalue weighted by atomic mass is 10.2. The van der Waals surface area contributed by atoms with Crippen molar-refractivity contribution in [2.45, 2.75) is 27.2 Å². The highest BCUT2D eigenvalue weighted by atomic mass is 16.1. The molecule has 1 rings (SSSR count).